The summed E-state index contributed by atoms with van der Waals surface area (Å²) in [6.45, 7) is 1.22. The molecule has 11 nitrogen and oxygen atoms in total. The maximum absolute atomic E-state index is 13.6. The fraction of sp³-hybridized carbons (Fsp3) is 0.480. The molecule has 2 aliphatic rings. The molecule has 15 heteroatoms. The van der Waals surface area contributed by atoms with Gasteiger partial charge in [0.2, 0.25) is 0 Å². The summed E-state index contributed by atoms with van der Waals surface area (Å²) in [5.41, 5.74) is 0.361. The van der Waals surface area contributed by atoms with Gasteiger partial charge in [0.15, 0.2) is 6.10 Å². The van der Waals surface area contributed by atoms with Crippen molar-refractivity contribution in [3.63, 3.8) is 0 Å². The van der Waals surface area contributed by atoms with Crippen LogP contribution in [0.1, 0.15) is 40.5 Å². The molecule has 0 aliphatic carbocycles. The van der Waals surface area contributed by atoms with Crippen LogP contribution in [0.3, 0.4) is 0 Å². The number of pyridine rings is 1. The zero-order valence-electron chi connectivity index (χ0n) is 21.7. The number of nitrogens with one attached hydrogen (secondary N) is 2. The average Bonchev–Trinajstić information content (AvgIpc) is 2.92. The fourth-order valence-electron chi connectivity index (χ4n) is 4.88. The van der Waals surface area contributed by atoms with E-state index in [1.807, 2.05) is 0 Å². The van der Waals surface area contributed by atoms with Gasteiger partial charge in [0.05, 0.1) is 34.4 Å². The van der Waals surface area contributed by atoms with Crippen molar-refractivity contribution in [3.8, 4) is 0 Å². The van der Waals surface area contributed by atoms with Gasteiger partial charge >= 0.3 is 6.18 Å². The molecule has 216 valence electrons. The Balaban J connectivity index is 1.61. The summed E-state index contributed by atoms with van der Waals surface area (Å²) in [6.07, 6.45) is -3.58. The van der Waals surface area contributed by atoms with Gasteiger partial charge in [0, 0.05) is 55.7 Å². The maximum atomic E-state index is 13.6. The van der Waals surface area contributed by atoms with Crippen molar-refractivity contribution in [2.75, 3.05) is 43.9 Å². The number of carbonyl (C=O) groups is 2. The molecule has 2 aliphatic heterocycles. The number of piperidine rings is 1. The highest BCUT2D eigenvalue weighted by Gasteiger charge is 2.46. The van der Waals surface area contributed by atoms with Crippen LogP contribution < -0.4 is 10.6 Å². The van der Waals surface area contributed by atoms with Gasteiger partial charge in [-0.3, -0.25) is 24.7 Å². The molecule has 2 aromatic rings. The van der Waals surface area contributed by atoms with Crippen LogP contribution in [0, 0.1) is 10.1 Å². The molecular formula is C25H28BrF3N6O5. The van der Waals surface area contributed by atoms with Crippen molar-refractivity contribution in [2.24, 2.45) is 0 Å². The Hall–Kier alpha value is -3.46. The second kappa shape index (κ2) is 12.0. The molecule has 0 spiro atoms. The third-order valence-electron chi connectivity index (χ3n) is 6.75. The van der Waals surface area contributed by atoms with Crippen LogP contribution in [0.15, 0.2) is 35.1 Å². The Morgan fingerprint density at radius 1 is 1.15 bits per heavy atom. The molecular weight excluding hydrogens is 601 g/mol. The number of nitro groups is 1. The van der Waals surface area contributed by atoms with E-state index in [2.05, 4.69) is 31.5 Å². The quantitative estimate of drug-likeness (QED) is 0.358. The summed E-state index contributed by atoms with van der Waals surface area (Å²) < 4.78 is 45.5. The minimum absolute atomic E-state index is 0.112. The number of nitro benzene ring substituents is 1. The number of likely N-dealkylation sites (tertiary alicyclic amines) is 1. The van der Waals surface area contributed by atoms with Gasteiger partial charge in [-0.15, -0.1) is 0 Å². The van der Waals surface area contributed by atoms with E-state index in [4.69, 9.17) is 4.74 Å². The topological polar surface area (TPSA) is 130 Å². The van der Waals surface area contributed by atoms with Crippen LogP contribution >= 0.6 is 15.9 Å². The molecule has 0 radical (unpaired) electrons. The number of rotatable bonds is 6. The predicted molar refractivity (Wildman–Crippen MR) is 143 cm³/mol. The van der Waals surface area contributed by atoms with Gasteiger partial charge < -0.3 is 25.2 Å². The Kier molecular flexibility index (Phi) is 8.83. The van der Waals surface area contributed by atoms with E-state index in [1.165, 1.54) is 25.3 Å². The molecule has 2 N–H and O–H groups in total. The molecule has 2 saturated heterocycles. The Morgan fingerprint density at radius 2 is 1.90 bits per heavy atom. The second-order valence-corrected chi connectivity index (χ2v) is 10.7. The molecule has 0 bridgehead atoms. The zero-order chi connectivity index (χ0) is 29.2. The van der Waals surface area contributed by atoms with Gasteiger partial charge in [-0.2, -0.15) is 13.2 Å². The number of hydrogen-bond acceptors (Lipinski definition) is 8. The van der Waals surface area contributed by atoms with Gasteiger partial charge in [-0.25, -0.2) is 0 Å². The summed E-state index contributed by atoms with van der Waals surface area (Å²) in [4.78, 5) is 44.7. The van der Waals surface area contributed by atoms with E-state index in [9.17, 15) is 32.9 Å². The largest absolute Gasteiger partial charge is 0.416 e. The Morgan fingerprint density at radius 3 is 2.58 bits per heavy atom. The first-order valence-corrected chi connectivity index (χ1v) is 13.3. The number of hydrogen-bond donors (Lipinski definition) is 2. The third kappa shape index (κ3) is 6.63. The van der Waals surface area contributed by atoms with Gasteiger partial charge in [-0.1, -0.05) is 15.9 Å². The van der Waals surface area contributed by atoms with Crippen molar-refractivity contribution in [1.29, 1.82) is 0 Å². The third-order valence-corrected chi connectivity index (χ3v) is 7.21. The molecule has 1 aromatic carbocycles. The van der Waals surface area contributed by atoms with Crippen LogP contribution in [0.4, 0.5) is 30.2 Å². The molecule has 3 heterocycles. The predicted octanol–water partition coefficient (Wildman–Crippen LogP) is 4.30. The first-order chi connectivity index (χ1) is 18.9. The highest BCUT2D eigenvalue weighted by atomic mass is 79.9. The van der Waals surface area contributed by atoms with Crippen molar-refractivity contribution >= 4 is 44.8 Å². The maximum Gasteiger partial charge on any atom is 0.416 e. The van der Waals surface area contributed by atoms with Crippen molar-refractivity contribution in [2.45, 2.75) is 44.2 Å². The van der Waals surface area contributed by atoms with E-state index >= 15 is 0 Å². The fourth-order valence-corrected chi connectivity index (χ4v) is 5.33. The smallest absolute Gasteiger partial charge is 0.387 e. The molecule has 40 heavy (non-hydrogen) atoms. The van der Waals surface area contributed by atoms with Gasteiger partial charge in [-0.05, 0) is 31.9 Å². The molecule has 0 saturated carbocycles. The number of nitrogens with zero attached hydrogens (tertiary/aromatic N) is 4. The van der Waals surface area contributed by atoms with Crippen molar-refractivity contribution < 1.29 is 32.4 Å². The first-order valence-electron chi connectivity index (χ1n) is 12.5. The summed E-state index contributed by atoms with van der Waals surface area (Å²) in [7, 11) is 1.71. The number of amides is 2. The number of benzene rings is 1. The standard InChI is InChI=1S/C25H28BrF3N6O5/c1-14-11-34(13-21(40-14)25(27,28)29)24(37)19-7-16(26)8-20(35(38)39)22(19)32-17-4-3-5-33(12-17)23(36)15-6-18(30-2)10-31-9-15/h6-10,14,17,21,30,32H,3-5,11-13H2,1-2H3/t14?,17-,21+/m1/s1. The number of alkyl halides is 3. The van der Waals surface area contributed by atoms with E-state index in [0.717, 1.165) is 4.90 Å². The second-order valence-electron chi connectivity index (χ2n) is 9.74. The Bertz CT molecular complexity index is 1300. The van der Waals surface area contributed by atoms with Crippen LogP contribution in [0.2, 0.25) is 0 Å². The van der Waals surface area contributed by atoms with Crippen LogP contribution in [0.25, 0.3) is 0 Å². The number of anilines is 2. The minimum Gasteiger partial charge on any atom is -0.387 e. The lowest BCUT2D eigenvalue weighted by atomic mass is 10.0. The number of morpholine rings is 1. The lowest BCUT2D eigenvalue weighted by Gasteiger charge is -2.38. The summed E-state index contributed by atoms with van der Waals surface area (Å²) in [5.74, 6) is -1.06. The van der Waals surface area contributed by atoms with Crippen LogP contribution in [-0.4, -0.2) is 89.2 Å². The highest BCUT2D eigenvalue weighted by molar-refractivity contribution is 9.10. The Labute approximate surface area is 236 Å². The molecule has 1 aromatic heterocycles. The van der Waals surface area contributed by atoms with Crippen molar-refractivity contribution in [3.05, 3.63) is 56.3 Å². The molecule has 4 rings (SSSR count). The van der Waals surface area contributed by atoms with Gasteiger partial charge in [0.25, 0.3) is 17.5 Å². The SMILES string of the molecule is CNc1cncc(C(=O)N2CCC[C@@H](Nc3c(C(=O)N4CC(C)O[C@H](C(F)(F)F)C4)cc(Br)cc3[N+](=O)[O-])C2)c1. The number of aromatic nitrogens is 1. The van der Waals surface area contributed by atoms with E-state index in [1.54, 1.807) is 24.2 Å². The summed E-state index contributed by atoms with van der Waals surface area (Å²) in [6, 6.07) is 3.78. The van der Waals surface area contributed by atoms with E-state index < -0.39 is 47.5 Å². The van der Waals surface area contributed by atoms with E-state index in [-0.39, 0.29) is 34.7 Å². The number of halogens is 4. The molecule has 2 amide bonds. The van der Waals surface area contributed by atoms with Crippen molar-refractivity contribution in [1.82, 2.24) is 14.8 Å². The normalized spacial score (nSPS) is 21.6. The molecule has 1 unspecified atom stereocenters. The number of carbonyl (C=O) groups excluding carboxylic acids is 2. The van der Waals surface area contributed by atoms with Gasteiger partial charge in [0.1, 0.15) is 5.69 Å². The van der Waals surface area contributed by atoms with E-state index in [0.29, 0.717) is 30.6 Å². The molecule has 3 atom stereocenters. The zero-order valence-corrected chi connectivity index (χ0v) is 23.3. The monoisotopic (exact) mass is 628 g/mol. The van der Waals surface area contributed by atoms with Crippen LogP contribution in [-0.2, 0) is 4.74 Å². The lowest BCUT2D eigenvalue weighted by molar-refractivity contribution is -0.384. The number of ether oxygens (including phenoxy) is 1. The highest BCUT2D eigenvalue weighted by Crippen LogP contribution is 2.36. The summed E-state index contributed by atoms with van der Waals surface area (Å²) in [5, 5.41) is 18.0. The minimum atomic E-state index is -4.68. The van der Waals surface area contributed by atoms with Crippen LogP contribution in [0.5, 0.6) is 0 Å². The first kappa shape index (κ1) is 29.5. The lowest BCUT2D eigenvalue weighted by Crippen LogP contribution is -2.54. The average molecular weight is 629 g/mol. The summed E-state index contributed by atoms with van der Waals surface area (Å²) >= 11 is 3.18. The molecule has 2 fully saturated rings.